The third kappa shape index (κ3) is 5.53. The monoisotopic (exact) mass is 446 g/mol. The third-order valence-corrected chi connectivity index (χ3v) is 4.67. The molecule has 134 valence electrons. The van der Waals surface area contributed by atoms with Gasteiger partial charge in [0.05, 0.1) is 18.2 Å². The van der Waals surface area contributed by atoms with Crippen molar-refractivity contribution in [3.8, 4) is 11.5 Å². The van der Waals surface area contributed by atoms with E-state index in [2.05, 4.69) is 15.9 Å². The van der Waals surface area contributed by atoms with Crippen LogP contribution in [0.4, 0.5) is 0 Å². The van der Waals surface area contributed by atoms with Gasteiger partial charge in [-0.1, -0.05) is 29.3 Å². The summed E-state index contributed by atoms with van der Waals surface area (Å²) in [4.78, 5) is 11.4. The lowest BCUT2D eigenvalue weighted by Crippen LogP contribution is -2.14. The quantitative estimate of drug-likeness (QED) is 0.540. The van der Waals surface area contributed by atoms with E-state index in [-0.39, 0.29) is 6.61 Å². The summed E-state index contributed by atoms with van der Waals surface area (Å²) >= 11 is 16.1. The van der Waals surface area contributed by atoms with Crippen LogP contribution in [-0.4, -0.2) is 26.3 Å². The number of esters is 1. The number of hydrogen-bond acceptors (Lipinski definition) is 4. The van der Waals surface area contributed by atoms with E-state index in [4.69, 9.17) is 37.4 Å². The van der Waals surface area contributed by atoms with E-state index >= 15 is 0 Å². The molecule has 0 aliphatic rings. The number of halogens is 3. The second-order valence-corrected chi connectivity index (χ2v) is 6.77. The SMILES string of the molecule is CCOC(=O)COc1cc(Cl)c(Cc2ccc(OC)c(Br)c2)c(Cl)c1. The number of benzene rings is 2. The molecule has 0 aromatic heterocycles. The molecule has 0 atom stereocenters. The zero-order chi connectivity index (χ0) is 18.4. The summed E-state index contributed by atoms with van der Waals surface area (Å²) in [5.74, 6) is 0.730. The van der Waals surface area contributed by atoms with Gasteiger partial charge in [-0.25, -0.2) is 4.79 Å². The van der Waals surface area contributed by atoms with E-state index in [0.29, 0.717) is 28.8 Å². The van der Waals surface area contributed by atoms with Gasteiger partial charge in [0, 0.05) is 16.5 Å². The van der Waals surface area contributed by atoms with Crippen LogP contribution in [0.5, 0.6) is 11.5 Å². The van der Waals surface area contributed by atoms with Crippen LogP contribution in [0.3, 0.4) is 0 Å². The molecule has 7 heteroatoms. The number of carbonyl (C=O) groups is 1. The molecular weight excluding hydrogens is 431 g/mol. The van der Waals surface area contributed by atoms with Crippen molar-refractivity contribution in [1.29, 1.82) is 0 Å². The average Bonchev–Trinajstić information content (AvgIpc) is 2.57. The van der Waals surface area contributed by atoms with Gasteiger partial charge in [0.1, 0.15) is 11.5 Å². The molecule has 0 aliphatic carbocycles. The maximum Gasteiger partial charge on any atom is 0.344 e. The van der Waals surface area contributed by atoms with Crippen molar-refractivity contribution < 1.29 is 19.0 Å². The van der Waals surface area contributed by atoms with Crippen molar-refractivity contribution >= 4 is 45.1 Å². The molecule has 2 rings (SSSR count). The van der Waals surface area contributed by atoms with E-state index in [9.17, 15) is 4.79 Å². The normalized spacial score (nSPS) is 10.4. The molecule has 0 amide bonds. The van der Waals surface area contributed by atoms with Crippen molar-refractivity contribution in [2.45, 2.75) is 13.3 Å². The Bertz CT molecular complexity index is 742. The Labute approximate surface area is 165 Å². The zero-order valence-corrected chi connectivity index (χ0v) is 16.9. The zero-order valence-electron chi connectivity index (χ0n) is 13.8. The Hall–Kier alpha value is -1.43. The first-order valence-corrected chi connectivity index (χ1v) is 9.08. The van der Waals surface area contributed by atoms with Gasteiger partial charge >= 0.3 is 5.97 Å². The van der Waals surface area contributed by atoms with Crippen LogP contribution < -0.4 is 9.47 Å². The first-order valence-electron chi connectivity index (χ1n) is 7.53. The predicted octanol–water partition coefficient (Wildman–Crippen LogP) is 5.30. The Morgan fingerprint density at radius 1 is 1.16 bits per heavy atom. The Morgan fingerprint density at radius 3 is 2.40 bits per heavy atom. The summed E-state index contributed by atoms with van der Waals surface area (Å²) in [6.07, 6.45) is 0.554. The second-order valence-electron chi connectivity index (χ2n) is 5.10. The highest BCUT2D eigenvalue weighted by molar-refractivity contribution is 9.10. The minimum Gasteiger partial charge on any atom is -0.496 e. The molecule has 4 nitrogen and oxygen atoms in total. The summed E-state index contributed by atoms with van der Waals surface area (Å²) in [6, 6.07) is 9.05. The molecule has 0 aliphatic heterocycles. The maximum atomic E-state index is 11.4. The van der Waals surface area contributed by atoms with Crippen LogP contribution in [-0.2, 0) is 16.0 Å². The lowest BCUT2D eigenvalue weighted by Gasteiger charge is -2.12. The summed E-state index contributed by atoms with van der Waals surface area (Å²) in [5, 5.41) is 0.941. The molecular formula is C18H17BrCl2O4. The van der Waals surface area contributed by atoms with Gasteiger partial charge in [0.2, 0.25) is 0 Å². The van der Waals surface area contributed by atoms with Gasteiger partial charge in [-0.2, -0.15) is 0 Å². The standard InChI is InChI=1S/C18H17BrCl2O4/c1-3-24-18(22)10-25-12-8-15(20)13(16(21)9-12)6-11-4-5-17(23-2)14(19)7-11/h4-5,7-9H,3,6,10H2,1-2H3. The van der Waals surface area contributed by atoms with Crippen molar-refractivity contribution in [3.63, 3.8) is 0 Å². The first kappa shape index (κ1) is 19.9. The molecule has 0 unspecified atom stereocenters. The highest BCUT2D eigenvalue weighted by Gasteiger charge is 2.12. The van der Waals surface area contributed by atoms with Crippen LogP contribution in [0.25, 0.3) is 0 Å². The van der Waals surface area contributed by atoms with E-state index in [1.807, 2.05) is 18.2 Å². The molecule has 0 radical (unpaired) electrons. The van der Waals surface area contributed by atoms with Gasteiger partial charge in [-0.15, -0.1) is 0 Å². The summed E-state index contributed by atoms with van der Waals surface area (Å²) in [7, 11) is 1.61. The summed E-state index contributed by atoms with van der Waals surface area (Å²) < 4.78 is 16.3. The smallest absolute Gasteiger partial charge is 0.344 e. The first-order chi connectivity index (χ1) is 11.9. The molecule has 0 bridgehead atoms. The molecule has 0 heterocycles. The molecule has 0 spiro atoms. The summed E-state index contributed by atoms with van der Waals surface area (Å²) in [6.45, 7) is 1.85. The Kier molecular flexibility index (Phi) is 7.41. The van der Waals surface area contributed by atoms with Gasteiger partial charge < -0.3 is 14.2 Å². The van der Waals surface area contributed by atoms with Gasteiger partial charge in [-0.3, -0.25) is 0 Å². The molecule has 0 fully saturated rings. The highest BCUT2D eigenvalue weighted by Crippen LogP contribution is 2.33. The fourth-order valence-electron chi connectivity index (χ4n) is 2.20. The van der Waals surface area contributed by atoms with E-state index in [1.165, 1.54) is 0 Å². The number of methoxy groups -OCH3 is 1. The lowest BCUT2D eigenvalue weighted by atomic mass is 10.0. The molecule has 25 heavy (non-hydrogen) atoms. The summed E-state index contributed by atoms with van der Waals surface area (Å²) in [5.41, 5.74) is 1.81. The van der Waals surface area contributed by atoms with Crippen LogP contribution in [0.15, 0.2) is 34.8 Å². The van der Waals surface area contributed by atoms with Crippen molar-refractivity contribution in [2.24, 2.45) is 0 Å². The Balaban J connectivity index is 2.14. The van der Waals surface area contributed by atoms with Gasteiger partial charge in [0.15, 0.2) is 6.61 Å². The fraction of sp³-hybridized carbons (Fsp3) is 0.278. The van der Waals surface area contributed by atoms with Gasteiger partial charge in [-0.05, 0) is 58.2 Å². The second kappa shape index (κ2) is 9.32. The van der Waals surface area contributed by atoms with Crippen molar-refractivity contribution in [3.05, 3.63) is 56.0 Å². The predicted molar refractivity (Wildman–Crippen MR) is 102 cm³/mol. The van der Waals surface area contributed by atoms with Crippen LogP contribution in [0, 0.1) is 0 Å². The highest BCUT2D eigenvalue weighted by atomic mass is 79.9. The van der Waals surface area contributed by atoms with E-state index in [1.54, 1.807) is 26.2 Å². The fourth-order valence-corrected chi connectivity index (χ4v) is 3.39. The minimum absolute atomic E-state index is 0.189. The number of rotatable bonds is 7. The van der Waals surface area contributed by atoms with Crippen molar-refractivity contribution in [2.75, 3.05) is 20.3 Å². The molecule has 2 aromatic carbocycles. The van der Waals surface area contributed by atoms with E-state index in [0.717, 1.165) is 21.3 Å². The topological polar surface area (TPSA) is 44.8 Å². The van der Waals surface area contributed by atoms with Crippen molar-refractivity contribution in [1.82, 2.24) is 0 Å². The minimum atomic E-state index is -0.443. The largest absolute Gasteiger partial charge is 0.496 e. The maximum absolute atomic E-state index is 11.4. The Morgan fingerprint density at radius 2 is 1.84 bits per heavy atom. The van der Waals surface area contributed by atoms with Gasteiger partial charge in [0.25, 0.3) is 0 Å². The average molecular weight is 448 g/mol. The number of carbonyl (C=O) groups excluding carboxylic acids is 1. The molecule has 2 aromatic rings. The number of ether oxygens (including phenoxy) is 3. The van der Waals surface area contributed by atoms with Crippen LogP contribution >= 0.6 is 39.1 Å². The lowest BCUT2D eigenvalue weighted by molar-refractivity contribution is -0.145. The molecule has 0 saturated carbocycles. The molecule has 0 N–H and O–H groups in total. The van der Waals surface area contributed by atoms with Crippen LogP contribution in [0.2, 0.25) is 10.0 Å². The number of hydrogen-bond donors (Lipinski definition) is 0. The third-order valence-electron chi connectivity index (χ3n) is 3.37. The van der Waals surface area contributed by atoms with E-state index < -0.39 is 5.97 Å². The molecule has 0 saturated heterocycles. The van der Waals surface area contributed by atoms with Crippen LogP contribution in [0.1, 0.15) is 18.1 Å².